The Morgan fingerprint density at radius 3 is 2.41 bits per heavy atom. The number of tetrazole rings is 1. The molecule has 1 heterocycles. The molecule has 0 radical (unpaired) electrons. The highest BCUT2D eigenvalue weighted by Gasteiger charge is 2.70. The minimum Gasteiger partial charge on any atom is -0.295 e. The molecule has 0 saturated heterocycles. The Hall–Kier alpha value is -2.62. The summed E-state index contributed by atoms with van der Waals surface area (Å²) >= 11 is 0. The van der Waals surface area contributed by atoms with Crippen molar-refractivity contribution >= 4 is 11.6 Å². The van der Waals surface area contributed by atoms with Gasteiger partial charge in [0.1, 0.15) is 6.07 Å². The van der Waals surface area contributed by atoms with Crippen LogP contribution in [0.1, 0.15) is 113 Å². The molecule has 41 heavy (non-hydrogen) atoms. The van der Waals surface area contributed by atoms with Crippen molar-refractivity contribution in [1.29, 1.82) is 5.26 Å². The van der Waals surface area contributed by atoms with Crippen molar-refractivity contribution in [3.8, 4) is 6.07 Å². The summed E-state index contributed by atoms with van der Waals surface area (Å²) in [6, 6.07) is 2.21. The first kappa shape index (κ1) is 28.5. The van der Waals surface area contributed by atoms with Gasteiger partial charge in [-0.25, -0.2) is 0 Å². The monoisotopic (exact) mass is 557 g/mol. The summed E-state index contributed by atoms with van der Waals surface area (Å²) in [6.45, 7) is 18.5. The SMILES string of the molecule is CCCn1nnc([C@]23CCC(C)(C)C[C@H]2[C@H]2C(=O)C=C4[C@@]5(C)C=C(C#N)C(=O)C(C)(C)[C@@H]5CC[C@@]4(C)[C@]2(C)CC3)n1. The highest BCUT2D eigenvalue weighted by atomic mass is 16.1. The van der Waals surface area contributed by atoms with Gasteiger partial charge in [-0.15, -0.1) is 10.2 Å². The van der Waals surface area contributed by atoms with E-state index in [4.69, 9.17) is 5.10 Å². The Morgan fingerprint density at radius 1 is 1.02 bits per heavy atom. The molecule has 3 fully saturated rings. The van der Waals surface area contributed by atoms with Gasteiger partial charge in [0.05, 0.1) is 12.1 Å². The summed E-state index contributed by atoms with van der Waals surface area (Å²) in [4.78, 5) is 29.7. The third-order valence-electron chi connectivity index (χ3n) is 13.2. The van der Waals surface area contributed by atoms with E-state index < -0.39 is 10.8 Å². The topological polar surface area (TPSA) is 102 Å². The number of aromatic nitrogens is 4. The number of carbonyl (C=O) groups is 2. The van der Waals surface area contributed by atoms with E-state index in [1.54, 1.807) is 4.80 Å². The number of ketones is 2. The predicted molar refractivity (Wildman–Crippen MR) is 156 cm³/mol. The highest BCUT2D eigenvalue weighted by Crippen LogP contribution is 2.74. The van der Waals surface area contributed by atoms with Crippen LogP contribution in [0.2, 0.25) is 0 Å². The zero-order valence-electron chi connectivity index (χ0n) is 26.3. The molecule has 1 aromatic rings. The van der Waals surface area contributed by atoms with Gasteiger partial charge in [0.2, 0.25) is 0 Å². The lowest BCUT2D eigenvalue weighted by Gasteiger charge is -2.69. The van der Waals surface area contributed by atoms with Gasteiger partial charge in [-0.2, -0.15) is 10.1 Å². The Kier molecular flexibility index (Phi) is 6.05. The molecular formula is C34H47N5O2. The van der Waals surface area contributed by atoms with Crippen molar-refractivity contribution in [3.05, 3.63) is 29.1 Å². The minimum absolute atomic E-state index is 0.0565. The molecule has 0 amide bonds. The van der Waals surface area contributed by atoms with E-state index in [0.717, 1.165) is 69.3 Å². The number of nitriles is 1. The first-order valence-corrected chi connectivity index (χ1v) is 15.8. The summed E-state index contributed by atoms with van der Waals surface area (Å²) < 4.78 is 0. The summed E-state index contributed by atoms with van der Waals surface area (Å²) in [7, 11) is 0. The van der Waals surface area contributed by atoms with Crippen molar-refractivity contribution in [2.24, 2.45) is 44.8 Å². The number of hydrogen-bond donors (Lipinski definition) is 0. The normalized spacial score (nSPS) is 42.6. The third kappa shape index (κ3) is 3.58. The second-order valence-corrected chi connectivity index (χ2v) is 16.1. The molecule has 220 valence electrons. The predicted octanol–water partition coefficient (Wildman–Crippen LogP) is 6.55. The van der Waals surface area contributed by atoms with Crippen molar-refractivity contribution in [1.82, 2.24) is 20.2 Å². The number of hydrogen-bond acceptors (Lipinski definition) is 6. The van der Waals surface area contributed by atoms with E-state index in [1.807, 2.05) is 26.0 Å². The Morgan fingerprint density at radius 2 is 1.73 bits per heavy atom. The van der Waals surface area contributed by atoms with Gasteiger partial charge >= 0.3 is 0 Å². The van der Waals surface area contributed by atoms with E-state index in [9.17, 15) is 14.9 Å². The fourth-order valence-electron chi connectivity index (χ4n) is 10.8. The molecule has 5 aliphatic carbocycles. The van der Waals surface area contributed by atoms with Gasteiger partial charge in [-0.1, -0.05) is 67.0 Å². The molecule has 1 aromatic heterocycles. The Labute approximate surface area is 245 Å². The van der Waals surface area contributed by atoms with Gasteiger partial charge in [0.25, 0.3) is 0 Å². The molecule has 0 aromatic carbocycles. The summed E-state index contributed by atoms with van der Waals surface area (Å²) in [5, 5.41) is 24.0. The third-order valence-corrected chi connectivity index (χ3v) is 13.2. The number of carbonyl (C=O) groups excluding carboxylic acids is 2. The Bertz CT molecular complexity index is 1430. The average Bonchev–Trinajstić information content (AvgIpc) is 3.37. The second kappa shape index (κ2) is 8.71. The summed E-state index contributed by atoms with van der Waals surface area (Å²) in [5.74, 6) is 1.07. The number of aryl methyl sites for hydroxylation is 1. The first-order valence-electron chi connectivity index (χ1n) is 15.8. The van der Waals surface area contributed by atoms with Crippen LogP contribution in [0.3, 0.4) is 0 Å². The van der Waals surface area contributed by atoms with Crippen LogP contribution in [-0.2, 0) is 21.5 Å². The molecule has 7 atom stereocenters. The smallest absolute Gasteiger partial charge is 0.181 e. The first-order chi connectivity index (χ1) is 19.1. The van der Waals surface area contributed by atoms with Gasteiger partial charge < -0.3 is 0 Å². The molecule has 7 nitrogen and oxygen atoms in total. The molecule has 0 unspecified atom stereocenters. The lowest BCUT2D eigenvalue weighted by atomic mass is 9.34. The number of rotatable bonds is 3. The lowest BCUT2D eigenvalue weighted by Crippen LogP contribution is -2.65. The molecular weight excluding hydrogens is 510 g/mol. The fraction of sp³-hybridized carbons (Fsp3) is 0.765. The number of nitrogens with zero attached hydrogens (tertiary/aromatic N) is 5. The van der Waals surface area contributed by atoms with Crippen molar-refractivity contribution in [2.45, 2.75) is 119 Å². The van der Waals surface area contributed by atoms with E-state index >= 15 is 0 Å². The zero-order valence-corrected chi connectivity index (χ0v) is 26.3. The molecule has 0 bridgehead atoms. The van der Waals surface area contributed by atoms with Gasteiger partial charge in [0, 0.05) is 22.2 Å². The molecule has 0 N–H and O–H groups in total. The van der Waals surface area contributed by atoms with Crippen molar-refractivity contribution < 1.29 is 9.59 Å². The maximum atomic E-state index is 14.7. The fourth-order valence-corrected chi connectivity index (χ4v) is 10.8. The maximum absolute atomic E-state index is 14.7. The van der Waals surface area contributed by atoms with Crippen molar-refractivity contribution in [3.63, 3.8) is 0 Å². The van der Waals surface area contributed by atoms with E-state index in [-0.39, 0.29) is 56.6 Å². The van der Waals surface area contributed by atoms with Crippen molar-refractivity contribution in [2.75, 3.05) is 0 Å². The number of Topliss-reactive ketones (excluding diaryl/α,β-unsaturated/α-hetero) is 1. The molecule has 3 saturated carbocycles. The quantitative estimate of drug-likeness (QED) is 0.417. The van der Waals surface area contributed by atoms with Crippen LogP contribution in [0.25, 0.3) is 0 Å². The van der Waals surface area contributed by atoms with Gasteiger partial charge in [0.15, 0.2) is 17.4 Å². The van der Waals surface area contributed by atoms with E-state index in [2.05, 4.69) is 57.9 Å². The van der Waals surface area contributed by atoms with E-state index in [0.29, 0.717) is 0 Å². The van der Waals surface area contributed by atoms with Gasteiger partial charge in [-0.3, -0.25) is 9.59 Å². The molecule has 5 aliphatic rings. The lowest BCUT2D eigenvalue weighted by molar-refractivity contribution is -0.160. The Balaban J connectivity index is 1.51. The zero-order chi connectivity index (χ0) is 29.8. The molecule has 0 spiro atoms. The summed E-state index contributed by atoms with van der Waals surface area (Å²) in [6.07, 6.45) is 11.6. The van der Waals surface area contributed by atoms with Crippen LogP contribution in [0.15, 0.2) is 23.3 Å². The molecule has 7 heteroatoms. The van der Waals surface area contributed by atoms with Crippen LogP contribution in [-0.4, -0.2) is 31.8 Å². The number of allylic oxidation sites excluding steroid dienone is 4. The van der Waals surface area contributed by atoms with Crippen LogP contribution in [0, 0.1) is 56.2 Å². The summed E-state index contributed by atoms with van der Waals surface area (Å²) in [5.41, 5.74) is -0.326. The van der Waals surface area contributed by atoms with Crippen LogP contribution >= 0.6 is 0 Å². The average molecular weight is 558 g/mol. The highest BCUT2D eigenvalue weighted by molar-refractivity contribution is 6.04. The van der Waals surface area contributed by atoms with E-state index in [1.165, 1.54) is 0 Å². The van der Waals surface area contributed by atoms with Crippen LogP contribution in [0.5, 0.6) is 0 Å². The number of fused-ring (bicyclic) bond motifs is 7. The minimum atomic E-state index is -0.650. The second-order valence-electron chi connectivity index (χ2n) is 16.1. The largest absolute Gasteiger partial charge is 0.295 e. The van der Waals surface area contributed by atoms with Crippen LogP contribution < -0.4 is 0 Å². The molecule has 6 rings (SSSR count). The van der Waals surface area contributed by atoms with Gasteiger partial charge in [-0.05, 0) is 90.7 Å². The van der Waals surface area contributed by atoms with Crippen LogP contribution in [0.4, 0.5) is 0 Å². The maximum Gasteiger partial charge on any atom is 0.181 e. The standard InChI is InChI=1S/C34H47N5O2/c1-9-16-39-37-28(36-38-39)34-14-12-29(2,3)19-22(34)26-23(40)17-25-31(6)18-21(20-35)27(41)30(4,5)24(31)10-11-32(25,7)33(26,8)13-15-34/h17-18,22,24,26H,9-16,19H2,1-8H3/t22-,24-,26-,31-,32+,33+,34-/m0/s1. The molecule has 0 aliphatic heterocycles.